The molecule has 0 bridgehead atoms. The van der Waals surface area contributed by atoms with Gasteiger partial charge in [0.15, 0.2) is 6.29 Å². The quantitative estimate of drug-likeness (QED) is 0.723. The van der Waals surface area contributed by atoms with E-state index in [9.17, 15) is 4.79 Å². The molecule has 0 saturated heterocycles. The van der Waals surface area contributed by atoms with Crippen LogP contribution in [0.1, 0.15) is 16.1 Å². The molecule has 0 aliphatic heterocycles. The molecule has 0 atom stereocenters. The van der Waals surface area contributed by atoms with Crippen LogP contribution < -0.4 is 0 Å². The van der Waals surface area contributed by atoms with E-state index in [0.29, 0.717) is 5.56 Å². The van der Waals surface area contributed by atoms with Gasteiger partial charge < -0.3 is 9.30 Å². The summed E-state index contributed by atoms with van der Waals surface area (Å²) in [5.41, 5.74) is 2.61. The van der Waals surface area contributed by atoms with Gasteiger partial charge in [0.05, 0.1) is 5.69 Å². The van der Waals surface area contributed by atoms with Crippen molar-refractivity contribution in [3.63, 3.8) is 0 Å². The van der Waals surface area contributed by atoms with Crippen molar-refractivity contribution in [2.75, 3.05) is 20.6 Å². The average molecular weight is 217 g/mol. The van der Waals surface area contributed by atoms with Crippen LogP contribution in [-0.2, 0) is 6.42 Å². The highest BCUT2D eigenvalue weighted by Crippen LogP contribution is 2.07. The largest absolute Gasteiger partial charge is 0.309 e. The van der Waals surface area contributed by atoms with Gasteiger partial charge in [-0.3, -0.25) is 4.79 Å². The fourth-order valence-electron chi connectivity index (χ4n) is 1.59. The normalized spacial score (nSPS) is 11.2. The van der Waals surface area contributed by atoms with Crippen molar-refractivity contribution in [3.05, 3.63) is 35.8 Å². The Morgan fingerprint density at radius 1 is 1.38 bits per heavy atom. The van der Waals surface area contributed by atoms with Gasteiger partial charge in [-0.05, 0) is 26.2 Å². The Morgan fingerprint density at radius 3 is 2.88 bits per heavy atom. The molecule has 0 fully saturated rings. The predicted octanol–water partition coefficient (Wildman–Crippen LogP) is 1.25. The highest BCUT2D eigenvalue weighted by molar-refractivity contribution is 5.74. The first-order chi connectivity index (χ1) is 7.69. The summed E-state index contributed by atoms with van der Waals surface area (Å²) >= 11 is 0. The molecular weight excluding hydrogens is 202 g/mol. The molecule has 0 unspecified atom stereocenters. The number of hydrogen-bond donors (Lipinski definition) is 0. The lowest BCUT2D eigenvalue weighted by molar-refractivity contribution is 0.112. The minimum atomic E-state index is 0.670. The summed E-state index contributed by atoms with van der Waals surface area (Å²) in [6, 6.07) is 3.65. The Hall–Kier alpha value is -1.68. The maximum atomic E-state index is 10.6. The molecule has 0 aromatic carbocycles. The number of rotatable bonds is 4. The average Bonchev–Trinajstić information content (AvgIpc) is 2.67. The van der Waals surface area contributed by atoms with Crippen LogP contribution in [0.4, 0.5) is 0 Å². The van der Waals surface area contributed by atoms with E-state index in [-0.39, 0.29) is 0 Å². The van der Waals surface area contributed by atoms with Crippen LogP contribution in [0.25, 0.3) is 5.65 Å². The van der Waals surface area contributed by atoms with Gasteiger partial charge in [0.25, 0.3) is 0 Å². The molecule has 0 radical (unpaired) electrons. The number of pyridine rings is 1. The number of aldehydes is 1. The first-order valence-corrected chi connectivity index (χ1v) is 5.26. The van der Waals surface area contributed by atoms with Gasteiger partial charge in [-0.15, -0.1) is 0 Å². The zero-order chi connectivity index (χ0) is 11.5. The molecule has 2 heterocycles. The minimum absolute atomic E-state index is 0.670. The number of likely N-dealkylation sites (N-methyl/N-ethyl adjacent to an activating group) is 1. The Morgan fingerprint density at radius 2 is 2.19 bits per heavy atom. The molecule has 2 aromatic heterocycles. The lowest BCUT2D eigenvalue weighted by Gasteiger charge is -2.06. The first-order valence-electron chi connectivity index (χ1n) is 5.26. The smallest absolute Gasteiger partial charge is 0.151 e. The number of carbonyl (C=O) groups excluding carboxylic acids is 1. The summed E-state index contributed by atoms with van der Waals surface area (Å²) in [6.45, 7) is 0.977. The van der Waals surface area contributed by atoms with E-state index in [1.807, 2.05) is 30.8 Å². The van der Waals surface area contributed by atoms with E-state index in [4.69, 9.17) is 0 Å². The van der Waals surface area contributed by atoms with Gasteiger partial charge in [-0.2, -0.15) is 0 Å². The van der Waals surface area contributed by atoms with Gasteiger partial charge in [0.1, 0.15) is 5.65 Å². The summed E-state index contributed by atoms with van der Waals surface area (Å²) < 4.78 is 1.90. The monoisotopic (exact) mass is 217 g/mol. The number of fused-ring (bicyclic) bond motifs is 1. The SMILES string of the molecule is CN(C)CCc1cn2cc(C=O)ccc2n1. The number of nitrogens with zero attached hydrogens (tertiary/aromatic N) is 3. The number of carbonyl (C=O) groups is 1. The first kappa shape index (κ1) is 10.8. The number of aromatic nitrogens is 2. The minimum Gasteiger partial charge on any atom is -0.309 e. The van der Waals surface area contributed by atoms with Crippen LogP contribution >= 0.6 is 0 Å². The van der Waals surface area contributed by atoms with Crippen molar-refractivity contribution in [1.29, 1.82) is 0 Å². The molecule has 0 aliphatic carbocycles. The van der Waals surface area contributed by atoms with Gasteiger partial charge in [-0.1, -0.05) is 0 Å². The third-order valence-corrected chi connectivity index (χ3v) is 2.48. The van der Waals surface area contributed by atoms with Crippen LogP contribution in [0.3, 0.4) is 0 Å². The van der Waals surface area contributed by atoms with Crippen LogP contribution in [0.5, 0.6) is 0 Å². The van der Waals surface area contributed by atoms with Crippen LogP contribution in [-0.4, -0.2) is 41.2 Å². The van der Waals surface area contributed by atoms with Crippen molar-refractivity contribution >= 4 is 11.9 Å². The molecule has 0 N–H and O–H groups in total. The second-order valence-corrected chi connectivity index (χ2v) is 4.13. The molecular formula is C12H15N3O. The Labute approximate surface area is 94.5 Å². The molecule has 2 aromatic rings. The topological polar surface area (TPSA) is 37.6 Å². The summed E-state index contributed by atoms with van der Waals surface area (Å²) in [4.78, 5) is 17.2. The van der Waals surface area contributed by atoms with Crippen LogP contribution in [0, 0.1) is 0 Å². The highest BCUT2D eigenvalue weighted by atomic mass is 16.1. The summed E-state index contributed by atoms with van der Waals surface area (Å²) in [5, 5.41) is 0. The summed E-state index contributed by atoms with van der Waals surface area (Å²) in [5.74, 6) is 0. The molecule has 16 heavy (non-hydrogen) atoms. The Kier molecular flexibility index (Phi) is 3.01. The fourth-order valence-corrected chi connectivity index (χ4v) is 1.59. The molecule has 2 rings (SSSR count). The second-order valence-electron chi connectivity index (χ2n) is 4.13. The second kappa shape index (κ2) is 4.45. The standard InChI is InChI=1S/C12H15N3O/c1-14(2)6-5-11-8-15-7-10(9-16)3-4-12(15)13-11/h3-4,7-9H,5-6H2,1-2H3. The van der Waals surface area contributed by atoms with Crippen molar-refractivity contribution < 1.29 is 4.79 Å². The molecule has 4 nitrogen and oxygen atoms in total. The molecule has 4 heteroatoms. The maximum absolute atomic E-state index is 10.6. The van der Waals surface area contributed by atoms with Gasteiger partial charge >= 0.3 is 0 Å². The van der Waals surface area contributed by atoms with Gasteiger partial charge in [0, 0.05) is 30.9 Å². The van der Waals surface area contributed by atoms with E-state index in [0.717, 1.165) is 30.6 Å². The van der Waals surface area contributed by atoms with Crippen molar-refractivity contribution in [1.82, 2.24) is 14.3 Å². The summed E-state index contributed by atoms with van der Waals surface area (Å²) in [7, 11) is 4.08. The maximum Gasteiger partial charge on any atom is 0.151 e. The van der Waals surface area contributed by atoms with Crippen molar-refractivity contribution in [2.45, 2.75) is 6.42 Å². The highest BCUT2D eigenvalue weighted by Gasteiger charge is 2.02. The third kappa shape index (κ3) is 2.28. The van der Waals surface area contributed by atoms with E-state index in [2.05, 4.69) is 9.88 Å². The van der Waals surface area contributed by atoms with Crippen molar-refractivity contribution in [2.24, 2.45) is 0 Å². The molecule has 0 spiro atoms. The molecule has 0 amide bonds. The van der Waals surface area contributed by atoms with E-state index in [1.54, 1.807) is 12.3 Å². The fraction of sp³-hybridized carbons (Fsp3) is 0.333. The van der Waals surface area contributed by atoms with Crippen LogP contribution in [0.15, 0.2) is 24.5 Å². The third-order valence-electron chi connectivity index (χ3n) is 2.48. The number of hydrogen-bond acceptors (Lipinski definition) is 3. The zero-order valence-corrected chi connectivity index (χ0v) is 9.55. The molecule has 84 valence electrons. The van der Waals surface area contributed by atoms with E-state index >= 15 is 0 Å². The molecule has 0 aliphatic rings. The predicted molar refractivity (Wildman–Crippen MR) is 62.8 cm³/mol. The Balaban J connectivity index is 2.25. The van der Waals surface area contributed by atoms with Crippen LogP contribution in [0.2, 0.25) is 0 Å². The lowest BCUT2D eigenvalue weighted by Crippen LogP contribution is -2.15. The van der Waals surface area contributed by atoms with Crippen molar-refractivity contribution in [3.8, 4) is 0 Å². The van der Waals surface area contributed by atoms with E-state index in [1.165, 1.54) is 0 Å². The zero-order valence-electron chi connectivity index (χ0n) is 9.55. The Bertz CT molecular complexity index is 502. The molecule has 0 saturated carbocycles. The number of imidazole rings is 1. The lowest BCUT2D eigenvalue weighted by atomic mass is 10.3. The summed E-state index contributed by atoms with van der Waals surface area (Å²) in [6.07, 6.45) is 5.55. The van der Waals surface area contributed by atoms with Gasteiger partial charge in [-0.25, -0.2) is 4.98 Å². The van der Waals surface area contributed by atoms with E-state index < -0.39 is 0 Å². The van der Waals surface area contributed by atoms with Gasteiger partial charge in [0.2, 0.25) is 0 Å².